The maximum Gasteiger partial charge on any atom is 0.295 e. The number of aliphatic hydroxyl groups is 1. The minimum atomic E-state index is -0.786. The first-order valence-corrected chi connectivity index (χ1v) is 11.1. The van der Waals surface area contributed by atoms with E-state index in [-0.39, 0.29) is 17.4 Å². The summed E-state index contributed by atoms with van der Waals surface area (Å²) in [6, 6.07) is 17.9. The number of carbonyl (C=O) groups is 2. The number of fused-ring (bicyclic) bond motifs is 1. The van der Waals surface area contributed by atoms with Crippen LogP contribution >= 0.6 is 0 Å². The number of aryl methyl sites for hydroxylation is 1. The van der Waals surface area contributed by atoms with Gasteiger partial charge in [-0.3, -0.25) is 9.59 Å². The van der Waals surface area contributed by atoms with E-state index in [4.69, 9.17) is 9.15 Å². The number of ketones is 1. The van der Waals surface area contributed by atoms with E-state index in [9.17, 15) is 14.7 Å². The highest BCUT2D eigenvalue weighted by Crippen LogP contribution is 2.41. The van der Waals surface area contributed by atoms with E-state index in [1.165, 1.54) is 4.90 Å². The maximum atomic E-state index is 13.1. The molecule has 1 saturated heterocycles. The van der Waals surface area contributed by atoms with Crippen LogP contribution < -0.4 is 4.74 Å². The number of carbonyl (C=O) groups excluding carboxylic acids is 2. The molecule has 3 heterocycles. The fourth-order valence-corrected chi connectivity index (χ4v) is 4.63. The molecule has 2 aromatic carbocycles. The summed E-state index contributed by atoms with van der Waals surface area (Å²) in [5, 5.41) is 11.2. The summed E-state index contributed by atoms with van der Waals surface area (Å²) in [7, 11) is 0. The Balaban J connectivity index is 1.55. The lowest BCUT2D eigenvalue weighted by atomic mass is 9.97. The van der Waals surface area contributed by atoms with Crippen molar-refractivity contribution in [1.29, 1.82) is 0 Å². The first-order valence-electron chi connectivity index (χ1n) is 11.1. The molecular weight excluding hydrogens is 418 g/mol. The molecule has 1 aromatic heterocycles. The van der Waals surface area contributed by atoms with E-state index in [0.29, 0.717) is 30.0 Å². The van der Waals surface area contributed by atoms with Gasteiger partial charge < -0.3 is 19.2 Å². The quantitative estimate of drug-likeness (QED) is 0.355. The topological polar surface area (TPSA) is 80.0 Å². The Morgan fingerprint density at radius 3 is 2.61 bits per heavy atom. The lowest BCUT2D eigenvalue weighted by Crippen LogP contribution is -2.31. The van der Waals surface area contributed by atoms with Crippen LogP contribution in [0.15, 0.2) is 70.7 Å². The van der Waals surface area contributed by atoms with E-state index in [1.54, 1.807) is 31.2 Å². The number of ether oxygens (including phenoxy) is 1. The van der Waals surface area contributed by atoms with Crippen LogP contribution in [0.2, 0.25) is 0 Å². The van der Waals surface area contributed by atoms with Crippen LogP contribution in [0.25, 0.3) is 5.76 Å². The number of furan rings is 1. The molecule has 2 aliphatic heterocycles. The zero-order valence-corrected chi connectivity index (χ0v) is 18.6. The van der Waals surface area contributed by atoms with Crippen LogP contribution in [0.1, 0.15) is 41.2 Å². The van der Waals surface area contributed by atoms with Gasteiger partial charge in [-0.1, -0.05) is 30.3 Å². The molecule has 168 valence electrons. The van der Waals surface area contributed by atoms with E-state index in [1.807, 2.05) is 43.3 Å². The summed E-state index contributed by atoms with van der Waals surface area (Å²) < 4.78 is 11.6. The second-order valence-corrected chi connectivity index (χ2v) is 8.63. The molecule has 33 heavy (non-hydrogen) atoms. The summed E-state index contributed by atoms with van der Waals surface area (Å²) in [6.07, 6.45) is 1.37. The summed E-state index contributed by atoms with van der Waals surface area (Å²) in [5.74, 6) is 0.369. The predicted octanol–water partition coefficient (Wildman–Crippen LogP) is 4.58. The largest absolute Gasteiger partial charge is 0.507 e. The van der Waals surface area contributed by atoms with Crippen molar-refractivity contribution in [2.45, 2.75) is 38.8 Å². The number of rotatable bonds is 5. The Labute approximate surface area is 192 Å². The van der Waals surface area contributed by atoms with Gasteiger partial charge in [0.2, 0.25) is 0 Å². The van der Waals surface area contributed by atoms with Crippen LogP contribution in [0.5, 0.6) is 5.75 Å². The van der Waals surface area contributed by atoms with Gasteiger partial charge in [-0.2, -0.15) is 0 Å². The molecule has 0 unspecified atom stereocenters. The number of likely N-dealkylation sites (tertiary alicyclic amines) is 1. The Kier molecular flexibility index (Phi) is 5.29. The third kappa shape index (κ3) is 3.82. The number of nitrogens with zero attached hydrogens (tertiary/aromatic N) is 1. The molecule has 3 aromatic rings. The second kappa shape index (κ2) is 8.28. The monoisotopic (exact) mass is 443 g/mol. The minimum absolute atomic E-state index is 0.0503. The molecule has 1 fully saturated rings. The third-order valence-electron chi connectivity index (χ3n) is 6.22. The summed E-state index contributed by atoms with van der Waals surface area (Å²) >= 11 is 0. The number of hydrogen-bond acceptors (Lipinski definition) is 5. The van der Waals surface area contributed by atoms with Crippen molar-refractivity contribution in [2.75, 3.05) is 6.54 Å². The normalized spacial score (nSPS) is 21.3. The fraction of sp³-hybridized carbons (Fsp3) is 0.259. The standard InChI is InChI=1S/C27H25NO5/c1-16-8-10-22(32-16)24-23(25(29)19-9-11-21-20(15-19)14-17(2)33-21)26(30)27(31)28(24)13-12-18-6-4-3-5-7-18/h3-11,15,17,24,29H,12-14H2,1-2H3/b25-23+/t17-,24-/m0/s1. The van der Waals surface area contributed by atoms with Gasteiger partial charge in [0.25, 0.3) is 11.7 Å². The lowest BCUT2D eigenvalue weighted by molar-refractivity contribution is -0.140. The van der Waals surface area contributed by atoms with Crippen LogP contribution in [-0.4, -0.2) is 34.3 Å². The molecule has 0 radical (unpaired) electrons. The first-order chi connectivity index (χ1) is 15.9. The highest BCUT2D eigenvalue weighted by Gasteiger charge is 2.47. The molecule has 6 nitrogen and oxygen atoms in total. The molecule has 1 N–H and O–H groups in total. The van der Waals surface area contributed by atoms with Crippen molar-refractivity contribution in [3.63, 3.8) is 0 Å². The van der Waals surface area contributed by atoms with Gasteiger partial charge in [0, 0.05) is 18.5 Å². The highest BCUT2D eigenvalue weighted by molar-refractivity contribution is 6.46. The molecule has 6 heteroatoms. The van der Waals surface area contributed by atoms with Crippen LogP contribution in [0, 0.1) is 6.92 Å². The van der Waals surface area contributed by atoms with Gasteiger partial charge >= 0.3 is 0 Å². The van der Waals surface area contributed by atoms with Gasteiger partial charge in [0.05, 0.1) is 5.57 Å². The number of amides is 1. The molecule has 2 atom stereocenters. The molecule has 0 aliphatic carbocycles. The van der Waals surface area contributed by atoms with Crippen molar-refractivity contribution in [3.8, 4) is 5.75 Å². The minimum Gasteiger partial charge on any atom is -0.507 e. The smallest absolute Gasteiger partial charge is 0.295 e. The molecule has 0 spiro atoms. The van der Waals surface area contributed by atoms with Gasteiger partial charge in [0.1, 0.15) is 35.2 Å². The molecule has 0 saturated carbocycles. The highest BCUT2D eigenvalue weighted by atomic mass is 16.5. The Morgan fingerprint density at radius 2 is 1.88 bits per heavy atom. The SMILES string of the molecule is Cc1ccc([C@H]2/C(=C(\O)c3ccc4c(c3)C[C@H](C)O4)C(=O)C(=O)N2CCc2ccccc2)o1. The molecule has 2 aliphatic rings. The second-order valence-electron chi connectivity index (χ2n) is 8.63. The molecule has 5 rings (SSSR count). The molecule has 0 bridgehead atoms. The zero-order chi connectivity index (χ0) is 23.1. The molecule has 1 amide bonds. The molecular formula is C27H25NO5. The third-order valence-corrected chi connectivity index (χ3v) is 6.22. The average molecular weight is 443 g/mol. The van der Waals surface area contributed by atoms with Crippen LogP contribution in [-0.2, 0) is 22.4 Å². The van der Waals surface area contributed by atoms with Crippen molar-refractivity contribution < 1.29 is 23.8 Å². The van der Waals surface area contributed by atoms with E-state index in [2.05, 4.69) is 0 Å². The summed E-state index contributed by atoms with van der Waals surface area (Å²) in [4.78, 5) is 27.7. The number of benzene rings is 2. The average Bonchev–Trinajstić information content (AvgIpc) is 3.47. The summed E-state index contributed by atoms with van der Waals surface area (Å²) in [6.45, 7) is 4.11. The van der Waals surface area contributed by atoms with Crippen molar-refractivity contribution in [3.05, 3.63) is 94.4 Å². The van der Waals surface area contributed by atoms with Gasteiger partial charge in [-0.05, 0) is 61.7 Å². The van der Waals surface area contributed by atoms with Crippen LogP contribution in [0.3, 0.4) is 0 Å². The van der Waals surface area contributed by atoms with Gasteiger partial charge in [0.15, 0.2) is 0 Å². The maximum absolute atomic E-state index is 13.1. The Bertz CT molecular complexity index is 1260. The van der Waals surface area contributed by atoms with E-state index in [0.717, 1.165) is 23.3 Å². The van der Waals surface area contributed by atoms with Crippen molar-refractivity contribution >= 4 is 17.4 Å². The van der Waals surface area contributed by atoms with E-state index < -0.39 is 17.7 Å². The number of hydrogen-bond donors (Lipinski definition) is 1. The van der Waals surface area contributed by atoms with Gasteiger partial charge in [-0.25, -0.2) is 0 Å². The fourth-order valence-electron chi connectivity index (χ4n) is 4.63. The van der Waals surface area contributed by atoms with Crippen LogP contribution in [0.4, 0.5) is 0 Å². The zero-order valence-electron chi connectivity index (χ0n) is 18.6. The van der Waals surface area contributed by atoms with E-state index >= 15 is 0 Å². The van der Waals surface area contributed by atoms with Gasteiger partial charge in [-0.15, -0.1) is 0 Å². The van der Waals surface area contributed by atoms with Crippen molar-refractivity contribution in [2.24, 2.45) is 0 Å². The summed E-state index contributed by atoms with van der Waals surface area (Å²) in [5.41, 5.74) is 2.56. The first kappa shape index (κ1) is 21.1. The number of aliphatic hydroxyl groups excluding tert-OH is 1. The van der Waals surface area contributed by atoms with Crippen molar-refractivity contribution in [1.82, 2.24) is 4.90 Å². The lowest BCUT2D eigenvalue weighted by Gasteiger charge is -2.23. The number of Topliss-reactive ketones (excluding diaryl/α,β-unsaturated/α-hetero) is 1. The Hall–Kier alpha value is -3.80. The Morgan fingerprint density at radius 1 is 1.09 bits per heavy atom. The predicted molar refractivity (Wildman–Crippen MR) is 123 cm³/mol.